The Morgan fingerprint density at radius 1 is 1.58 bits per heavy atom. The zero-order valence-electron chi connectivity index (χ0n) is 7.16. The van der Waals surface area contributed by atoms with Crippen LogP contribution in [-0.4, -0.2) is 29.7 Å². The molecule has 0 aliphatic heterocycles. The van der Waals surface area contributed by atoms with Crippen LogP contribution in [0.2, 0.25) is 0 Å². The van der Waals surface area contributed by atoms with E-state index in [1.807, 2.05) is 0 Å². The van der Waals surface area contributed by atoms with E-state index in [4.69, 9.17) is 10.8 Å². The van der Waals surface area contributed by atoms with Crippen molar-refractivity contribution in [1.29, 1.82) is 0 Å². The number of methoxy groups -OCH3 is 1. The summed E-state index contributed by atoms with van der Waals surface area (Å²) in [5, 5.41) is 8.64. The van der Waals surface area contributed by atoms with Crippen LogP contribution in [0, 0.1) is 0 Å². The Morgan fingerprint density at radius 2 is 2.08 bits per heavy atom. The van der Waals surface area contributed by atoms with Gasteiger partial charge in [0.15, 0.2) is 0 Å². The maximum absolute atomic E-state index is 10.9. The lowest BCUT2D eigenvalue weighted by Crippen LogP contribution is -2.55. The van der Waals surface area contributed by atoms with Crippen LogP contribution in [0.1, 0.15) is 19.8 Å². The van der Waals surface area contributed by atoms with Gasteiger partial charge in [0.1, 0.15) is 0 Å². The van der Waals surface area contributed by atoms with E-state index in [2.05, 4.69) is 4.74 Å². The number of hydrogen-bond acceptors (Lipinski definition) is 4. The summed E-state index contributed by atoms with van der Waals surface area (Å²) in [7, 11) is 1.11. The quantitative estimate of drug-likeness (QED) is 0.454. The van der Waals surface area contributed by atoms with Crippen molar-refractivity contribution in [1.82, 2.24) is 0 Å². The number of esters is 1. The van der Waals surface area contributed by atoms with Crippen LogP contribution in [0.3, 0.4) is 0 Å². The third-order valence-corrected chi connectivity index (χ3v) is 1.58. The molecule has 1 unspecified atom stereocenters. The molecule has 0 aromatic rings. The summed E-state index contributed by atoms with van der Waals surface area (Å²) in [6.45, 7) is 1.74. The molecule has 0 aliphatic rings. The molecule has 0 rings (SSSR count). The van der Waals surface area contributed by atoms with E-state index in [-0.39, 0.29) is 6.42 Å². The number of hydrogen-bond donors (Lipinski definition) is 2. The fourth-order valence-corrected chi connectivity index (χ4v) is 0.873. The van der Waals surface area contributed by atoms with Gasteiger partial charge in [-0.2, -0.15) is 0 Å². The lowest BCUT2D eigenvalue weighted by atomic mass is 9.95. The molecule has 0 saturated carbocycles. The molecule has 0 saturated heterocycles. The first kappa shape index (κ1) is 10.9. The summed E-state index contributed by atoms with van der Waals surface area (Å²) in [6, 6.07) is 0. The standard InChI is InChI=1S/C7H13NO4/c1-3-4-7(8,5(9)10)6(11)12-2/h3-4,8H2,1-2H3,(H,9,10). The minimum absolute atomic E-state index is 0.0784. The average molecular weight is 175 g/mol. The second-order valence-electron chi connectivity index (χ2n) is 2.52. The zero-order valence-corrected chi connectivity index (χ0v) is 7.16. The highest BCUT2D eigenvalue weighted by Gasteiger charge is 2.42. The molecule has 70 valence electrons. The largest absolute Gasteiger partial charge is 0.479 e. The lowest BCUT2D eigenvalue weighted by molar-refractivity contribution is -0.159. The Hall–Kier alpha value is -1.10. The number of carbonyl (C=O) groups excluding carboxylic acids is 1. The van der Waals surface area contributed by atoms with E-state index in [0.717, 1.165) is 7.11 Å². The lowest BCUT2D eigenvalue weighted by Gasteiger charge is -2.20. The minimum Gasteiger partial charge on any atom is -0.479 e. The average Bonchev–Trinajstić information content (AvgIpc) is 2.03. The van der Waals surface area contributed by atoms with Gasteiger partial charge in [-0.25, -0.2) is 9.59 Å². The van der Waals surface area contributed by atoms with Crippen molar-refractivity contribution in [3.8, 4) is 0 Å². The molecule has 0 aliphatic carbocycles. The van der Waals surface area contributed by atoms with Gasteiger partial charge in [-0.1, -0.05) is 13.3 Å². The number of ether oxygens (including phenoxy) is 1. The number of carboxylic acids is 1. The predicted octanol–water partition coefficient (Wildman–Crippen LogP) is -0.258. The number of rotatable bonds is 4. The highest BCUT2D eigenvalue weighted by Crippen LogP contribution is 2.11. The van der Waals surface area contributed by atoms with E-state index < -0.39 is 17.5 Å². The van der Waals surface area contributed by atoms with Gasteiger partial charge in [-0.05, 0) is 6.42 Å². The van der Waals surface area contributed by atoms with E-state index in [1.165, 1.54) is 0 Å². The van der Waals surface area contributed by atoms with Crippen LogP contribution in [0.15, 0.2) is 0 Å². The summed E-state index contributed by atoms with van der Waals surface area (Å²) in [4.78, 5) is 21.5. The SMILES string of the molecule is CCCC(N)(C(=O)O)C(=O)OC. The van der Waals surface area contributed by atoms with Gasteiger partial charge in [-0.3, -0.25) is 0 Å². The molecule has 0 fully saturated rings. The first-order chi connectivity index (χ1) is 5.49. The number of aliphatic carboxylic acids is 1. The van der Waals surface area contributed by atoms with Gasteiger partial charge in [0.25, 0.3) is 0 Å². The van der Waals surface area contributed by atoms with Crippen molar-refractivity contribution in [2.45, 2.75) is 25.3 Å². The molecule has 0 radical (unpaired) electrons. The van der Waals surface area contributed by atoms with E-state index in [1.54, 1.807) is 6.92 Å². The van der Waals surface area contributed by atoms with Crippen LogP contribution >= 0.6 is 0 Å². The highest BCUT2D eigenvalue weighted by atomic mass is 16.5. The molecule has 3 N–H and O–H groups in total. The van der Waals surface area contributed by atoms with Gasteiger partial charge in [-0.15, -0.1) is 0 Å². The Bertz CT molecular complexity index is 192. The number of nitrogens with two attached hydrogens (primary N) is 1. The molecule has 0 aromatic heterocycles. The third-order valence-electron chi connectivity index (χ3n) is 1.58. The fourth-order valence-electron chi connectivity index (χ4n) is 0.873. The Kier molecular flexibility index (Phi) is 3.69. The van der Waals surface area contributed by atoms with Gasteiger partial charge in [0.05, 0.1) is 7.11 Å². The Labute approximate surface area is 70.5 Å². The summed E-state index contributed by atoms with van der Waals surface area (Å²) in [5.41, 5.74) is 3.45. The first-order valence-corrected chi connectivity index (χ1v) is 3.59. The summed E-state index contributed by atoms with van der Waals surface area (Å²) in [6.07, 6.45) is 0.590. The molecule has 5 nitrogen and oxygen atoms in total. The monoisotopic (exact) mass is 175 g/mol. The molecular weight excluding hydrogens is 162 g/mol. The van der Waals surface area contributed by atoms with Crippen molar-refractivity contribution in [3.05, 3.63) is 0 Å². The molecule has 0 spiro atoms. The van der Waals surface area contributed by atoms with Crippen LogP contribution in [0.25, 0.3) is 0 Å². The van der Waals surface area contributed by atoms with Crippen molar-refractivity contribution in [2.75, 3.05) is 7.11 Å². The van der Waals surface area contributed by atoms with E-state index in [0.29, 0.717) is 6.42 Å². The normalized spacial score (nSPS) is 14.9. The summed E-state index contributed by atoms with van der Waals surface area (Å²) < 4.78 is 4.28. The van der Waals surface area contributed by atoms with Crippen molar-refractivity contribution >= 4 is 11.9 Å². The molecule has 0 bridgehead atoms. The molecule has 0 heterocycles. The molecular formula is C7H13NO4. The Morgan fingerprint density at radius 3 is 2.33 bits per heavy atom. The van der Waals surface area contributed by atoms with Crippen LogP contribution in [-0.2, 0) is 14.3 Å². The topological polar surface area (TPSA) is 89.6 Å². The van der Waals surface area contributed by atoms with Gasteiger partial charge in [0.2, 0.25) is 5.54 Å². The van der Waals surface area contributed by atoms with Crippen LogP contribution < -0.4 is 5.73 Å². The highest BCUT2D eigenvalue weighted by molar-refractivity contribution is 6.03. The molecule has 1 atom stereocenters. The van der Waals surface area contributed by atoms with E-state index in [9.17, 15) is 9.59 Å². The second-order valence-corrected chi connectivity index (χ2v) is 2.52. The van der Waals surface area contributed by atoms with Crippen LogP contribution in [0.5, 0.6) is 0 Å². The van der Waals surface area contributed by atoms with Gasteiger partial charge < -0.3 is 15.6 Å². The number of carbonyl (C=O) groups is 2. The summed E-state index contributed by atoms with van der Waals surface area (Å²) >= 11 is 0. The van der Waals surface area contributed by atoms with Crippen molar-refractivity contribution < 1.29 is 19.4 Å². The van der Waals surface area contributed by atoms with Crippen molar-refractivity contribution in [3.63, 3.8) is 0 Å². The molecule has 12 heavy (non-hydrogen) atoms. The Balaban J connectivity index is 4.61. The fraction of sp³-hybridized carbons (Fsp3) is 0.714. The van der Waals surface area contributed by atoms with E-state index >= 15 is 0 Å². The third kappa shape index (κ3) is 1.94. The maximum atomic E-state index is 10.9. The summed E-state index contributed by atoms with van der Waals surface area (Å²) in [5.74, 6) is -2.26. The van der Waals surface area contributed by atoms with Crippen LogP contribution in [0.4, 0.5) is 0 Å². The predicted molar refractivity (Wildman–Crippen MR) is 41.5 cm³/mol. The van der Waals surface area contributed by atoms with Gasteiger partial charge in [0, 0.05) is 0 Å². The zero-order chi connectivity index (χ0) is 9.78. The molecule has 5 heteroatoms. The van der Waals surface area contributed by atoms with Crippen molar-refractivity contribution in [2.24, 2.45) is 5.73 Å². The molecule has 0 amide bonds. The first-order valence-electron chi connectivity index (χ1n) is 3.59. The second kappa shape index (κ2) is 4.06. The number of carboxylic acid groups (broad SMARTS) is 1. The van der Waals surface area contributed by atoms with Gasteiger partial charge >= 0.3 is 11.9 Å². The molecule has 0 aromatic carbocycles. The smallest absolute Gasteiger partial charge is 0.337 e. The maximum Gasteiger partial charge on any atom is 0.337 e. The minimum atomic E-state index is -1.89.